The van der Waals surface area contributed by atoms with E-state index < -0.39 is 0 Å². The monoisotopic (exact) mass is 329 g/mol. The van der Waals surface area contributed by atoms with Gasteiger partial charge in [-0.15, -0.1) is 0 Å². The molecule has 4 rings (SSSR count). The SMILES string of the molecule is Fc1ccccc1C1=NCC2C=NOCN2c2ccc(Cl)cc21. The Kier molecular flexibility index (Phi) is 3.50. The summed E-state index contributed by atoms with van der Waals surface area (Å²) in [5.41, 5.74) is 2.77. The van der Waals surface area contributed by atoms with Crippen LogP contribution >= 0.6 is 11.6 Å². The lowest BCUT2D eigenvalue weighted by atomic mass is 9.99. The van der Waals surface area contributed by atoms with Crippen molar-refractivity contribution in [1.29, 1.82) is 0 Å². The molecule has 23 heavy (non-hydrogen) atoms. The smallest absolute Gasteiger partial charge is 0.190 e. The molecular weight excluding hydrogens is 317 g/mol. The van der Waals surface area contributed by atoms with E-state index in [0.717, 1.165) is 11.3 Å². The van der Waals surface area contributed by atoms with Crippen LogP contribution in [0.3, 0.4) is 0 Å². The maximum Gasteiger partial charge on any atom is 0.190 e. The van der Waals surface area contributed by atoms with Gasteiger partial charge in [0.05, 0.1) is 24.5 Å². The van der Waals surface area contributed by atoms with Crippen molar-refractivity contribution in [2.24, 2.45) is 10.1 Å². The molecule has 0 radical (unpaired) electrons. The summed E-state index contributed by atoms with van der Waals surface area (Å²) in [6.07, 6.45) is 1.72. The van der Waals surface area contributed by atoms with Gasteiger partial charge >= 0.3 is 0 Å². The molecule has 0 spiro atoms. The van der Waals surface area contributed by atoms with Gasteiger partial charge in [-0.3, -0.25) is 4.99 Å². The molecule has 2 aromatic rings. The Morgan fingerprint density at radius 2 is 2.04 bits per heavy atom. The molecule has 0 saturated heterocycles. The van der Waals surface area contributed by atoms with Gasteiger partial charge in [0, 0.05) is 21.8 Å². The molecular formula is C17H13ClFN3O. The van der Waals surface area contributed by atoms with E-state index in [1.807, 2.05) is 18.2 Å². The topological polar surface area (TPSA) is 37.2 Å². The van der Waals surface area contributed by atoms with E-state index in [-0.39, 0.29) is 11.9 Å². The number of halogens is 2. The summed E-state index contributed by atoms with van der Waals surface area (Å²) in [7, 11) is 0. The highest BCUT2D eigenvalue weighted by Gasteiger charge is 2.29. The predicted molar refractivity (Wildman–Crippen MR) is 89.1 cm³/mol. The summed E-state index contributed by atoms with van der Waals surface area (Å²) in [5.74, 6) is -0.304. The van der Waals surface area contributed by atoms with Crippen LogP contribution in [0.15, 0.2) is 52.6 Å². The third kappa shape index (κ3) is 2.47. The third-order valence-electron chi connectivity index (χ3n) is 3.99. The van der Waals surface area contributed by atoms with Crippen LogP contribution in [0, 0.1) is 5.82 Å². The second kappa shape index (κ2) is 5.66. The summed E-state index contributed by atoms with van der Waals surface area (Å²) in [5, 5.41) is 4.45. The molecule has 0 N–H and O–H groups in total. The molecule has 116 valence electrons. The Morgan fingerprint density at radius 1 is 1.17 bits per heavy atom. The Bertz CT molecular complexity index is 821. The Morgan fingerprint density at radius 3 is 2.91 bits per heavy atom. The molecule has 2 aromatic carbocycles. The zero-order valence-corrected chi connectivity index (χ0v) is 12.9. The second-order valence-corrected chi connectivity index (χ2v) is 5.82. The Labute approximate surface area is 137 Å². The molecule has 1 unspecified atom stereocenters. The maximum atomic E-state index is 14.3. The molecule has 0 saturated carbocycles. The first kappa shape index (κ1) is 14.2. The summed E-state index contributed by atoms with van der Waals surface area (Å²) in [6, 6.07) is 12.2. The number of rotatable bonds is 1. The standard InChI is InChI=1S/C17H13ClFN3O/c18-11-5-6-16-14(7-11)17(13-3-1-2-4-15(13)19)20-8-12-9-21-23-10-22(12)16/h1-7,9,12H,8,10H2. The van der Waals surface area contributed by atoms with Crippen LogP contribution in [0.5, 0.6) is 0 Å². The predicted octanol–water partition coefficient (Wildman–Crippen LogP) is 3.48. The van der Waals surface area contributed by atoms with Crippen LogP contribution in [-0.4, -0.2) is 31.2 Å². The largest absolute Gasteiger partial charge is 0.374 e. The lowest BCUT2D eigenvalue weighted by Crippen LogP contribution is -2.42. The third-order valence-corrected chi connectivity index (χ3v) is 4.23. The normalized spacial score (nSPS) is 19.3. The van der Waals surface area contributed by atoms with Gasteiger partial charge in [0.15, 0.2) is 6.73 Å². The first-order chi connectivity index (χ1) is 11.2. The fourth-order valence-corrected chi connectivity index (χ4v) is 3.05. The van der Waals surface area contributed by atoms with Gasteiger partial charge in [0.2, 0.25) is 0 Å². The minimum atomic E-state index is -0.304. The zero-order chi connectivity index (χ0) is 15.8. The highest BCUT2D eigenvalue weighted by molar-refractivity contribution is 6.31. The molecule has 4 nitrogen and oxygen atoms in total. The molecule has 2 heterocycles. The lowest BCUT2D eigenvalue weighted by molar-refractivity contribution is 0.131. The van der Waals surface area contributed by atoms with Crippen LogP contribution in [0.25, 0.3) is 0 Å². The number of hydrogen-bond acceptors (Lipinski definition) is 4. The van der Waals surface area contributed by atoms with Gasteiger partial charge in [-0.1, -0.05) is 28.9 Å². The minimum absolute atomic E-state index is 0.0204. The maximum absolute atomic E-state index is 14.3. The van der Waals surface area contributed by atoms with Crippen LogP contribution in [0.4, 0.5) is 10.1 Å². The van der Waals surface area contributed by atoms with Crippen molar-refractivity contribution in [3.8, 4) is 0 Å². The molecule has 0 aliphatic carbocycles. The van der Waals surface area contributed by atoms with E-state index in [0.29, 0.717) is 29.6 Å². The van der Waals surface area contributed by atoms with Gasteiger partial charge < -0.3 is 9.74 Å². The van der Waals surface area contributed by atoms with Crippen molar-refractivity contribution in [2.75, 3.05) is 18.2 Å². The second-order valence-electron chi connectivity index (χ2n) is 5.38. The Hall–Kier alpha value is -2.40. The average molecular weight is 330 g/mol. The average Bonchev–Trinajstić information content (AvgIpc) is 2.72. The molecule has 0 aromatic heterocycles. The van der Waals surface area contributed by atoms with Crippen molar-refractivity contribution in [2.45, 2.75) is 6.04 Å². The number of hydrogen-bond donors (Lipinski definition) is 0. The van der Waals surface area contributed by atoms with E-state index in [9.17, 15) is 4.39 Å². The van der Waals surface area contributed by atoms with Crippen LogP contribution in [-0.2, 0) is 4.84 Å². The molecule has 2 aliphatic rings. The van der Waals surface area contributed by atoms with Crippen molar-refractivity contribution < 1.29 is 9.23 Å². The van der Waals surface area contributed by atoms with Gasteiger partial charge in [-0.05, 0) is 30.3 Å². The van der Waals surface area contributed by atoms with Crippen molar-refractivity contribution in [3.63, 3.8) is 0 Å². The fourth-order valence-electron chi connectivity index (χ4n) is 2.88. The molecule has 2 aliphatic heterocycles. The van der Waals surface area contributed by atoms with E-state index in [2.05, 4.69) is 15.0 Å². The summed E-state index contributed by atoms with van der Waals surface area (Å²) >= 11 is 6.17. The number of aliphatic imine (C=N–C) groups is 1. The Balaban J connectivity index is 1.93. The quantitative estimate of drug-likeness (QED) is 0.803. The van der Waals surface area contributed by atoms with Crippen molar-refractivity contribution >= 4 is 29.2 Å². The first-order valence-corrected chi connectivity index (χ1v) is 7.63. The molecule has 0 fully saturated rings. The van der Waals surface area contributed by atoms with Gasteiger partial charge in [-0.2, -0.15) is 0 Å². The highest BCUT2D eigenvalue weighted by atomic mass is 35.5. The molecule has 1 atom stereocenters. The van der Waals surface area contributed by atoms with E-state index in [1.54, 1.807) is 24.4 Å². The van der Waals surface area contributed by atoms with Crippen molar-refractivity contribution in [3.05, 3.63) is 64.4 Å². The summed E-state index contributed by atoms with van der Waals surface area (Å²) in [4.78, 5) is 11.9. The number of benzene rings is 2. The van der Waals surface area contributed by atoms with Crippen LogP contribution in [0.1, 0.15) is 11.1 Å². The van der Waals surface area contributed by atoms with Gasteiger partial charge in [0.25, 0.3) is 0 Å². The number of anilines is 1. The van der Waals surface area contributed by atoms with E-state index >= 15 is 0 Å². The zero-order valence-electron chi connectivity index (χ0n) is 12.1. The first-order valence-electron chi connectivity index (χ1n) is 7.25. The lowest BCUT2D eigenvalue weighted by Gasteiger charge is -2.31. The molecule has 0 bridgehead atoms. The number of nitrogens with zero attached hydrogens (tertiary/aromatic N) is 3. The van der Waals surface area contributed by atoms with Crippen LogP contribution < -0.4 is 4.90 Å². The molecule has 6 heteroatoms. The van der Waals surface area contributed by atoms with E-state index in [1.165, 1.54) is 6.07 Å². The molecule has 0 amide bonds. The van der Waals surface area contributed by atoms with Gasteiger partial charge in [-0.25, -0.2) is 4.39 Å². The highest BCUT2D eigenvalue weighted by Crippen LogP contribution is 2.32. The van der Waals surface area contributed by atoms with E-state index in [4.69, 9.17) is 16.4 Å². The number of fused-ring (bicyclic) bond motifs is 3. The van der Waals surface area contributed by atoms with Crippen molar-refractivity contribution in [1.82, 2.24) is 0 Å². The fraction of sp³-hybridized carbons (Fsp3) is 0.176. The summed E-state index contributed by atoms with van der Waals surface area (Å²) < 4.78 is 14.3. The minimum Gasteiger partial charge on any atom is -0.374 e. The van der Waals surface area contributed by atoms with Gasteiger partial charge in [0.1, 0.15) is 5.82 Å². The summed E-state index contributed by atoms with van der Waals surface area (Å²) in [6.45, 7) is 0.804. The number of oxime groups is 1. The van der Waals surface area contributed by atoms with Crippen LogP contribution in [0.2, 0.25) is 5.02 Å².